The Bertz CT molecular complexity index is 1670. The van der Waals surface area contributed by atoms with Gasteiger partial charge in [-0.15, -0.1) is 0 Å². The molecule has 0 saturated carbocycles. The maximum atomic E-state index is 13.0. The van der Waals surface area contributed by atoms with Crippen molar-refractivity contribution < 1.29 is 80.2 Å². The number of esters is 4. The number of unbranched alkanes of at least 4 members (excludes halogenated alkanes) is 39. The topological polar surface area (TPSA) is 237 Å². The van der Waals surface area contributed by atoms with E-state index in [9.17, 15) is 43.2 Å². The fourth-order valence-electron chi connectivity index (χ4n) is 10.1. The van der Waals surface area contributed by atoms with Crippen LogP contribution in [-0.4, -0.2) is 96.7 Å². The molecule has 0 bridgehead atoms. The summed E-state index contributed by atoms with van der Waals surface area (Å²) in [5.41, 5.74) is 0. The number of phosphoric acid groups is 2. The minimum absolute atomic E-state index is 0.106. The fraction of sp³-hybridized carbons (Fsp3) is 0.940. The molecule has 0 rings (SSSR count). The Hall–Kier alpha value is -1.94. The van der Waals surface area contributed by atoms with Crippen molar-refractivity contribution in [2.45, 2.75) is 361 Å². The fourth-order valence-corrected chi connectivity index (χ4v) is 11.7. The largest absolute Gasteiger partial charge is 0.472 e. The van der Waals surface area contributed by atoms with Gasteiger partial charge in [-0.25, -0.2) is 9.13 Å². The Morgan fingerprint density at radius 1 is 0.314 bits per heavy atom. The highest BCUT2D eigenvalue weighted by Crippen LogP contribution is 2.45. The lowest BCUT2D eigenvalue weighted by atomic mass is 10.0. The Labute approximate surface area is 524 Å². The Balaban J connectivity index is 5.11. The van der Waals surface area contributed by atoms with Crippen molar-refractivity contribution in [3.63, 3.8) is 0 Å². The lowest BCUT2D eigenvalue weighted by Gasteiger charge is -2.21. The van der Waals surface area contributed by atoms with Crippen molar-refractivity contribution in [2.24, 2.45) is 5.92 Å². The van der Waals surface area contributed by atoms with E-state index in [4.69, 9.17) is 37.0 Å². The molecule has 510 valence electrons. The summed E-state index contributed by atoms with van der Waals surface area (Å²) in [5.74, 6) is -1.46. The molecule has 3 N–H and O–H groups in total. The van der Waals surface area contributed by atoms with E-state index < -0.39 is 97.5 Å². The van der Waals surface area contributed by atoms with Gasteiger partial charge in [0.2, 0.25) is 0 Å². The van der Waals surface area contributed by atoms with Crippen molar-refractivity contribution in [3.05, 3.63) is 0 Å². The van der Waals surface area contributed by atoms with Gasteiger partial charge >= 0.3 is 39.5 Å². The average molecular weight is 1270 g/mol. The van der Waals surface area contributed by atoms with Crippen LogP contribution in [-0.2, 0) is 65.4 Å². The predicted octanol–water partition coefficient (Wildman–Crippen LogP) is 19.0. The van der Waals surface area contributed by atoms with Gasteiger partial charge in [0.25, 0.3) is 0 Å². The molecule has 86 heavy (non-hydrogen) atoms. The van der Waals surface area contributed by atoms with Crippen LogP contribution in [0, 0.1) is 5.92 Å². The molecule has 0 amide bonds. The van der Waals surface area contributed by atoms with Gasteiger partial charge in [0.05, 0.1) is 26.4 Å². The summed E-state index contributed by atoms with van der Waals surface area (Å²) in [4.78, 5) is 72.2. The first-order valence-corrected chi connectivity index (χ1v) is 38.1. The molecule has 0 saturated heterocycles. The van der Waals surface area contributed by atoms with Gasteiger partial charge in [-0.2, -0.15) is 0 Å². The number of aliphatic hydroxyl groups excluding tert-OH is 1. The molecule has 0 aliphatic rings. The van der Waals surface area contributed by atoms with E-state index in [1.807, 2.05) is 0 Å². The summed E-state index contributed by atoms with van der Waals surface area (Å²) in [6, 6.07) is 0. The van der Waals surface area contributed by atoms with Gasteiger partial charge in [0.1, 0.15) is 19.3 Å². The maximum Gasteiger partial charge on any atom is 0.472 e. The Morgan fingerprint density at radius 3 is 0.791 bits per heavy atom. The molecule has 2 unspecified atom stereocenters. The van der Waals surface area contributed by atoms with Crippen LogP contribution in [0.1, 0.15) is 343 Å². The quantitative estimate of drug-likeness (QED) is 0.0222. The van der Waals surface area contributed by atoms with Crippen LogP contribution < -0.4 is 0 Å². The normalized spacial score (nSPS) is 14.2. The van der Waals surface area contributed by atoms with E-state index in [0.29, 0.717) is 31.6 Å². The molecule has 0 aliphatic heterocycles. The van der Waals surface area contributed by atoms with Gasteiger partial charge < -0.3 is 33.8 Å². The summed E-state index contributed by atoms with van der Waals surface area (Å²) < 4.78 is 68.0. The molecule has 17 nitrogen and oxygen atoms in total. The number of carbonyl (C=O) groups is 4. The number of ether oxygens (including phenoxy) is 4. The summed E-state index contributed by atoms with van der Waals surface area (Å²) in [6.07, 6.45) is 46.2. The number of carbonyl (C=O) groups excluding carboxylic acids is 4. The smallest absolute Gasteiger partial charge is 0.462 e. The first-order valence-electron chi connectivity index (χ1n) is 35.1. The highest BCUT2D eigenvalue weighted by atomic mass is 31.2. The van der Waals surface area contributed by atoms with Crippen LogP contribution in [0.4, 0.5) is 0 Å². The molecule has 0 heterocycles. The molecule has 0 radical (unpaired) electrons. The second kappa shape index (κ2) is 60.6. The lowest BCUT2D eigenvalue weighted by molar-refractivity contribution is -0.161. The van der Waals surface area contributed by atoms with E-state index in [1.165, 1.54) is 154 Å². The molecule has 0 aliphatic carbocycles. The summed E-state index contributed by atoms with van der Waals surface area (Å²) in [5, 5.41) is 10.5. The van der Waals surface area contributed by atoms with Gasteiger partial charge in [0.15, 0.2) is 12.2 Å². The summed E-state index contributed by atoms with van der Waals surface area (Å²) in [6.45, 7) is 7.09. The molecule has 0 aromatic heterocycles. The van der Waals surface area contributed by atoms with Crippen molar-refractivity contribution in [1.29, 1.82) is 0 Å². The van der Waals surface area contributed by atoms with Crippen molar-refractivity contribution in [3.8, 4) is 0 Å². The van der Waals surface area contributed by atoms with Gasteiger partial charge in [-0.05, 0) is 31.6 Å². The second-order valence-electron chi connectivity index (χ2n) is 24.7. The van der Waals surface area contributed by atoms with Gasteiger partial charge in [0, 0.05) is 25.7 Å². The molecular weight excluding hydrogens is 1140 g/mol. The SMILES string of the molecule is CCCCCCCCCCCCCCCCCCCCCCC(=O)O[C@H](COC(=O)CCCCCCCCC(C)C)COP(=O)(O)OC[C@@H](O)COP(=O)(O)OC[C@@H](COC(=O)CCCCCCCCCC)OC(=O)CCCCCCCCCCC. The van der Waals surface area contributed by atoms with Crippen LogP contribution >= 0.6 is 15.6 Å². The highest BCUT2D eigenvalue weighted by Gasteiger charge is 2.30. The lowest BCUT2D eigenvalue weighted by Crippen LogP contribution is -2.30. The molecule has 19 heteroatoms. The van der Waals surface area contributed by atoms with Gasteiger partial charge in [-0.1, -0.05) is 291 Å². The monoisotopic (exact) mass is 1270 g/mol. The summed E-state index contributed by atoms with van der Waals surface area (Å²) >= 11 is 0. The van der Waals surface area contributed by atoms with E-state index >= 15 is 0 Å². The Morgan fingerprint density at radius 2 is 0.535 bits per heavy atom. The van der Waals surface area contributed by atoms with Crippen LogP contribution in [0.5, 0.6) is 0 Å². The van der Waals surface area contributed by atoms with E-state index in [-0.39, 0.29) is 25.7 Å². The number of hydrogen-bond donors (Lipinski definition) is 3. The Kier molecular flexibility index (Phi) is 59.2. The van der Waals surface area contributed by atoms with Crippen LogP contribution in [0.25, 0.3) is 0 Å². The van der Waals surface area contributed by atoms with E-state index in [1.54, 1.807) is 0 Å². The zero-order valence-corrected chi connectivity index (χ0v) is 57.2. The number of rotatable bonds is 67. The van der Waals surface area contributed by atoms with Crippen LogP contribution in [0.3, 0.4) is 0 Å². The number of aliphatic hydroxyl groups is 1. The minimum Gasteiger partial charge on any atom is -0.462 e. The summed E-state index contributed by atoms with van der Waals surface area (Å²) in [7, 11) is -9.88. The molecule has 0 spiro atoms. The van der Waals surface area contributed by atoms with Crippen molar-refractivity contribution >= 4 is 39.5 Å². The third kappa shape index (κ3) is 60.9. The van der Waals surface area contributed by atoms with Gasteiger partial charge in [-0.3, -0.25) is 37.3 Å². The predicted molar refractivity (Wildman–Crippen MR) is 345 cm³/mol. The van der Waals surface area contributed by atoms with Crippen molar-refractivity contribution in [2.75, 3.05) is 39.6 Å². The number of hydrogen-bond acceptors (Lipinski definition) is 15. The third-order valence-corrected chi connectivity index (χ3v) is 17.4. The second-order valence-corrected chi connectivity index (χ2v) is 27.6. The van der Waals surface area contributed by atoms with E-state index in [0.717, 1.165) is 103 Å². The maximum absolute atomic E-state index is 13.0. The zero-order valence-electron chi connectivity index (χ0n) is 55.4. The highest BCUT2D eigenvalue weighted by molar-refractivity contribution is 7.47. The first-order chi connectivity index (χ1) is 41.5. The molecule has 5 atom stereocenters. The average Bonchev–Trinajstić information content (AvgIpc) is 3.49. The van der Waals surface area contributed by atoms with E-state index in [2.05, 4.69) is 34.6 Å². The molecule has 0 aromatic rings. The van der Waals surface area contributed by atoms with Crippen LogP contribution in [0.2, 0.25) is 0 Å². The van der Waals surface area contributed by atoms with Crippen molar-refractivity contribution in [1.82, 2.24) is 0 Å². The molecule has 0 aromatic carbocycles. The number of phosphoric ester groups is 2. The standard InChI is InChI=1S/C67H130O17P2/c1-6-9-12-15-18-21-22-23-24-25-26-27-28-29-30-31-33-36-43-48-53-67(72)84-63(57-78-65(70)51-46-41-38-37-39-44-49-60(4)5)59-82-86(75,76)80-55-61(68)54-79-85(73,74)81-58-62(56-77-64(69)50-45-40-34-20-17-14-11-8-3)83-66(71)52-47-42-35-32-19-16-13-10-7-2/h60-63,68H,6-59H2,1-5H3,(H,73,74)(H,75,76)/t61-,62+,63+/m0/s1. The zero-order chi connectivity index (χ0) is 63.5. The minimum atomic E-state index is -4.95. The van der Waals surface area contributed by atoms with Crippen LogP contribution in [0.15, 0.2) is 0 Å². The molecular formula is C67H130O17P2. The first kappa shape index (κ1) is 84.1. The third-order valence-electron chi connectivity index (χ3n) is 15.5. The molecule has 0 fully saturated rings.